The van der Waals surface area contributed by atoms with Crippen molar-refractivity contribution < 1.29 is 4.79 Å². The lowest BCUT2D eigenvalue weighted by molar-refractivity contribution is 0.0966. The summed E-state index contributed by atoms with van der Waals surface area (Å²) < 4.78 is 0. The molecular weight excluding hydrogens is 162 g/mol. The van der Waals surface area contributed by atoms with Gasteiger partial charge >= 0.3 is 0 Å². The fourth-order valence-corrected chi connectivity index (χ4v) is 1.65. The molecule has 13 heavy (non-hydrogen) atoms. The maximum atomic E-state index is 11.3. The summed E-state index contributed by atoms with van der Waals surface area (Å²) >= 11 is 0. The molecule has 0 unspecified atom stereocenters. The number of carbonyl (C=O) groups excluding carboxylic acids is 1. The Hall–Kier alpha value is -1.57. The van der Waals surface area contributed by atoms with Crippen LogP contribution in [0.4, 0.5) is 0 Å². The second-order valence-electron chi connectivity index (χ2n) is 3.29. The summed E-state index contributed by atoms with van der Waals surface area (Å²) in [5.74, 6) is 0.0260. The average Bonchev–Trinajstić information content (AvgIpc) is 2.48. The first-order valence-electron chi connectivity index (χ1n) is 4.26. The molecule has 1 aliphatic heterocycles. The molecule has 1 aromatic rings. The number of hydrogen-bond donors (Lipinski definition) is 1. The van der Waals surface area contributed by atoms with Crippen molar-refractivity contribution in [2.45, 2.75) is 13.5 Å². The second-order valence-corrected chi connectivity index (χ2v) is 3.29. The lowest BCUT2D eigenvalue weighted by Gasteiger charge is -2.04. The van der Waals surface area contributed by atoms with Crippen LogP contribution in [-0.4, -0.2) is 5.91 Å². The highest BCUT2D eigenvalue weighted by Crippen LogP contribution is 2.24. The van der Waals surface area contributed by atoms with E-state index in [0.29, 0.717) is 6.54 Å². The van der Waals surface area contributed by atoms with Crippen LogP contribution in [0.1, 0.15) is 28.4 Å². The van der Waals surface area contributed by atoms with E-state index >= 15 is 0 Å². The van der Waals surface area contributed by atoms with Crippen molar-refractivity contribution in [1.82, 2.24) is 5.32 Å². The van der Waals surface area contributed by atoms with Gasteiger partial charge in [0.15, 0.2) is 0 Å². The highest BCUT2D eigenvalue weighted by molar-refractivity contribution is 5.99. The Labute approximate surface area is 77.3 Å². The molecule has 0 atom stereocenters. The average molecular weight is 173 g/mol. The quantitative estimate of drug-likeness (QED) is 0.691. The largest absolute Gasteiger partial charge is 0.348 e. The molecule has 0 radical (unpaired) electrons. The smallest absolute Gasteiger partial charge is 0.251 e. The third-order valence-corrected chi connectivity index (χ3v) is 2.31. The molecule has 1 amide bonds. The summed E-state index contributed by atoms with van der Waals surface area (Å²) in [6.07, 6.45) is 0. The molecule has 2 rings (SSSR count). The van der Waals surface area contributed by atoms with Crippen molar-refractivity contribution in [2.24, 2.45) is 0 Å². The van der Waals surface area contributed by atoms with Gasteiger partial charge in [-0.3, -0.25) is 4.79 Å². The topological polar surface area (TPSA) is 29.1 Å². The lowest BCUT2D eigenvalue weighted by Crippen LogP contribution is -2.12. The Balaban J connectivity index is 2.63. The fraction of sp³-hybridized carbons (Fsp3) is 0.182. The zero-order chi connectivity index (χ0) is 9.42. The highest BCUT2D eigenvalue weighted by atomic mass is 16.1. The molecular formula is C11H11NO. The van der Waals surface area contributed by atoms with E-state index in [2.05, 4.69) is 11.9 Å². The van der Waals surface area contributed by atoms with Gasteiger partial charge in [0.05, 0.1) is 0 Å². The molecule has 0 saturated heterocycles. The normalized spacial score (nSPS) is 13.8. The summed E-state index contributed by atoms with van der Waals surface area (Å²) in [6.45, 7) is 6.48. The van der Waals surface area contributed by atoms with Crippen molar-refractivity contribution in [3.05, 3.63) is 41.5 Å². The summed E-state index contributed by atoms with van der Waals surface area (Å²) in [4.78, 5) is 11.3. The van der Waals surface area contributed by atoms with Gasteiger partial charge in [0, 0.05) is 12.1 Å². The summed E-state index contributed by atoms with van der Waals surface area (Å²) in [5.41, 5.74) is 3.98. The van der Waals surface area contributed by atoms with Crippen LogP contribution >= 0.6 is 0 Å². The maximum Gasteiger partial charge on any atom is 0.251 e. The zero-order valence-corrected chi connectivity index (χ0v) is 7.55. The molecule has 1 heterocycles. The molecule has 0 saturated carbocycles. The van der Waals surface area contributed by atoms with Crippen LogP contribution in [-0.2, 0) is 6.54 Å². The Morgan fingerprint density at radius 3 is 3.00 bits per heavy atom. The highest BCUT2D eigenvalue weighted by Gasteiger charge is 2.20. The van der Waals surface area contributed by atoms with Crippen LogP contribution in [0, 0.1) is 0 Å². The first-order valence-corrected chi connectivity index (χ1v) is 4.26. The predicted octanol–water partition coefficient (Wildman–Crippen LogP) is 1.96. The minimum absolute atomic E-state index is 0.0260. The first-order chi connectivity index (χ1) is 6.20. The van der Waals surface area contributed by atoms with Crippen molar-refractivity contribution in [3.8, 4) is 0 Å². The Morgan fingerprint density at radius 1 is 1.54 bits per heavy atom. The Morgan fingerprint density at radius 2 is 2.31 bits per heavy atom. The molecule has 1 N–H and O–H groups in total. The number of amides is 1. The van der Waals surface area contributed by atoms with Gasteiger partial charge in [0.2, 0.25) is 0 Å². The molecule has 2 heteroatoms. The van der Waals surface area contributed by atoms with Crippen molar-refractivity contribution >= 4 is 11.5 Å². The third-order valence-electron chi connectivity index (χ3n) is 2.31. The van der Waals surface area contributed by atoms with E-state index in [1.165, 1.54) is 0 Å². The molecule has 2 nitrogen and oxygen atoms in total. The third kappa shape index (κ3) is 1.15. The lowest BCUT2D eigenvalue weighted by atomic mass is 9.99. The van der Waals surface area contributed by atoms with Crippen LogP contribution in [0.15, 0.2) is 24.8 Å². The Kier molecular flexibility index (Phi) is 1.69. The van der Waals surface area contributed by atoms with Gasteiger partial charge in [0.1, 0.15) is 0 Å². The van der Waals surface area contributed by atoms with Gasteiger partial charge in [-0.2, -0.15) is 0 Å². The molecule has 0 bridgehead atoms. The van der Waals surface area contributed by atoms with E-state index in [0.717, 1.165) is 22.3 Å². The van der Waals surface area contributed by atoms with Gasteiger partial charge in [-0.25, -0.2) is 0 Å². The number of rotatable bonds is 1. The number of fused-ring (bicyclic) bond motifs is 1. The van der Waals surface area contributed by atoms with Crippen molar-refractivity contribution in [2.75, 3.05) is 0 Å². The van der Waals surface area contributed by atoms with Crippen molar-refractivity contribution in [3.63, 3.8) is 0 Å². The SMILES string of the molecule is C=C(C)c1cccc2c1CNC2=O. The van der Waals surface area contributed by atoms with E-state index in [1.807, 2.05) is 25.1 Å². The molecule has 1 aromatic carbocycles. The van der Waals surface area contributed by atoms with Gasteiger partial charge in [-0.05, 0) is 24.1 Å². The maximum absolute atomic E-state index is 11.3. The van der Waals surface area contributed by atoms with Crippen molar-refractivity contribution in [1.29, 1.82) is 0 Å². The van der Waals surface area contributed by atoms with Gasteiger partial charge in [-0.1, -0.05) is 24.3 Å². The minimum atomic E-state index is 0.0260. The number of allylic oxidation sites excluding steroid dienone is 1. The molecule has 0 aliphatic carbocycles. The Bertz CT molecular complexity index is 393. The summed E-state index contributed by atoms with van der Waals surface area (Å²) in [7, 11) is 0. The predicted molar refractivity (Wildman–Crippen MR) is 52.3 cm³/mol. The molecule has 0 fully saturated rings. The number of hydrogen-bond acceptors (Lipinski definition) is 1. The minimum Gasteiger partial charge on any atom is -0.348 e. The van der Waals surface area contributed by atoms with Crippen LogP contribution < -0.4 is 5.32 Å². The van der Waals surface area contributed by atoms with Gasteiger partial charge in [-0.15, -0.1) is 0 Å². The van der Waals surface area contributed by atoms with Crippen LogP contribution in [0.3, 0.4) is 0 Å². The first kappa shape index (κ1) is 8.05. The van der Waals surface area contributed by atoms with Crippen LogP contribution in [0.5, 0.6) is 0 Å². The number of benzene rings is 1. The monoisotopic (exact) mass is 173 g/mol. The summed E-state index contributed by atoms with van der Waals surface area (Å²) in [5, 5.41) is 2.80. The van der Waals surface area contributed by atoms with Gasteiger partial charge in [0.25, 0.3) is 5.91 Å². The van der Waals surface area contributed by atoms with E-state index in [4.69, 9.17) is 0 Å². The fourth-order valence-electron chi connectivity index (χ4n) is 1.65. The van der Waals surface area contributed by atoms with E-state index in [9.17, 15) is 4.79 Å². The molecule has 66 valence electrons. The van der Waals surface area contributed by atoms with Crippen LogP contribution in [0.2, 0.25) is 0 Å². The standard InChI is InChI=1S/C11H11NO/c1-7(2)8-4-3-5-9-10(8)6-12-11(9)13/h3-5H,1,6H2,2H3,(H,12,13). The van der Waals surface area contributed by atoms with Crippen LogP contribution in [0.25, 0.3) is 5.57 Å². The number of carbonyl (C=O) groups is 1. The van der Waals surface area contributed by atoms with Gasteiger partial charge < -0.3 is 5.32 Å². The van der Waals surface area contributed by atoms with E-state index < -0.39 is 0 Å². The molecule has 0 spiro atoms. The molecule has 1 aliphatic rings. The summed E-state index contributed by atoms with van der Waals surface area (Å²) in [6, 6.07) is 5.75. The number of nitrogens with one attached hydrogen (secondary N) is 1. The van der Waals surface area contributed by atoms with E-state index in [-0.39, 0.29) is 5.91 Å². The molecule has 0 aromatic heterocycles. The van der Waals surface area contributed by atoms with E-state index in [1.54, 1.807) is 0 Å². The zero-order valence-electron chi connectivity index (χ0n) is 7.55. The second kappa shape index (κ2) is 2.73.